The summed E-state index contributed by atoms with van der Waals surface area (Å²) in [6.07, 6.45) is 0.852. The molecule has 21 heavy (non-hydrogen) atoms. The zero-order chi connectivity index (χ0) is 14.8. The van der Waals surface area contributed by atoms with Crippen LogP contribution in [0.2, 0.25) is 0 Å². The first-order valence-corrected chi connectivity index (χ1v) is 8.00. The minimum atomic E-state index is -0.230. The van der Waals surface area contributed by atoms with Crippen LogP contribution in [0.1, 0.15) is 39.6 Å². The molecule has 2 aromatic rings. The first-order chi connectivity index (χ1) is 10.2. The maximum Gasteiger partial charge on any atom is 0.314 e. The van der Waals surface area contributed by atoms with Crippen LogP contribution < -0.4 is 0 Å². The minimum absolute atomic E-state index is 0.0500. The lowest BCUT2D eigenvalue weighted by atomic mass is 9.91. The summed E-state index contributed by atoms with van der Waals surface area (Å²) in [5.74, 6) is -0.260. The lowest BCUT2D eigenvalue weighted by Gasteiger charge is -2.17. The second kappa shape index (κ2) is 6.00. The highest BCUT2D eigenvalue weighted by atomic mass is 32.1. The maximum atomic E-state index is 12.4. The van der Waals surface area contributed by atoms with E-state index in [1.807, 2.05) is 37.3 Å². The normalized spacial score (nSPS) is 20.3. The van der Waals surface area contributed by atoms with Gasteiger partial charge in [-0.05, 0) is 36.6 Å². The van der Waals surface area contributed by atoms with E-state index < -0.39 is 0 Å². The predicted octanol–water partition coefficient (Wildman–Crippen LogP) is 3.23. The second-order valence-electron chi connectivity index (χ2n) is 5.20. The number of esters is 1. The van der Waals surface area contributed by atoms with Crippen molar-refractivity contribution in [2.45, 2.75) is 31.8 Å². The van der Waals surface area contributed by atoms with Crippen LogP contribution in [-0.2, 0) is 22.6 Å². The molecule has 1 aromatic heterocycles. The van der Waals surface area contributed by atoms with Gasteiger partial charge < -0.3 is 9.84 Å². The minimum Gasteiger partial charge on any atom is -0.466 e. The molecule has 1 aromatic carbocycles. The van der Waals surface area contributed by atoms with Crippen molar-refractivity contribution in [1.82, 2.24) is 0 Å². The van der Waals surface area contributed by atoms with Gasteiger partial charge in [-0.3, -0.25) is 4.79 Å². The number of carbonyl (C=O) groups excluding carboxylic acids is 1. The van der Waals surface area contributed by atoms with Gasteiger partial charge in [-0.25, -0.2) is 0 Å². The third-order valence-corrected chi connectivity index (χ3v) is 5.18. The van der Waals surface area contributed by atoms with Crippen molar-refractivity contribution in [2.75, 3.05) is 6.61 Å². The van der Waals surface area contributed by atoms with E-state index >= 15 is 0 Å². The molecule has 1 aliphatic rings. The number of hydrogen-bond acceptors (Lipinski definition) is 4. The van der Waals surface area contributed by atoms with E-state index in [4.69, 9.17) is 4.74 Å². The molecule has 1 aliphatic carbocycles. The summed E-state index contributed by atoms with van der Waals surface area (Å²) in [5, 5.41) is 9.25. The number of benzene rings is 1. The van der Waals surface area contributed by atoms with Gasteiger partial charge in [0, 0.05) is 15.7 Å². The summed E-state index contributed by atoms with van der Waals surface area (Å²) in [6.45, 7) is 2.29. The molecule has 1 N–H and O–H groups in total. The summed E-state index contributed by atoms with van der Waals surface area (Å²) < 4.78 is 5.28. The number of thiophene rings is 1. The van der Waals surface area contributed by atoms with E-state index in [-0.39, 0.29) is 24.4 Å². The zero-order valence-corrected chi connectivity index (χ0v) is 12.7. The van der Waals surface area contributed by atoms with Crippen LogP contribution in [0.4, 0.5) is 0 Å². The number of aliphatic hydroxyl groups excluding tert-OH is 1. The van der Waals surface area contributed by atoms with E-state index in [0.29, 0.717) is 6.61 Å². The SMILES string of the molecule is CCOC(=O)C1c2ccccc2CC1c1ccc(CO)s1. The molecule has 0 fully saturated rings. The third-order valence-electron chi connectivity index (χ3n) is 3.98. The molecular weight excluding hydrogens is 284 g/mol. The Kier molecular flexibility index (Phi) is 4.08. The number of hydrogen-bond donors (Lipinski definition) is 1. The molecule has 0 amide bonds. The molecule has 0 saturated carbocycles. The van der Waals surface area contributed by atoms with Gasteiger partial charge in [-0.2, -0.15) is 0 Å². The van der Waals surface area contributed by atoms with Crippen molar-refractivity contribution >= 4 is 17.3 Å². The van der Waals surface area contributed by atoms with E-state index in [1.165, 1.54) is 5.56 Å². The Morgan fingerprint density at radius 1 is 1.33 bits per heavy atom. The number of carbonyl (C=O) groups is 1. The van der Waals surface area contributed by atoms with Crippen molar-refractivity contribution in [3.63, 3.8) is 0 Å². The lowest BCUT2D eigenvalue weighted by Crippen LogP contribution is -2.19. The van der Waals surface area contributed by atoms with Crippen LogP contribution in [0.3, 0.4) is 0 Å². The van der Waals surface area contributed by atoms with E-state index in [2.05, 4.69) is 6.07 Å². The molecule has 2 atom stereocenters. The monoisotopic (exact) mass is 302 g/mol. The van der Waals surface area contributed by atoms with Crippen molar-refractivity contribution in [1.29, 1.82) is 0 Å². The summed E-state index contributed by atoms with van der Waals surface area (Å²) in [5.41, 5.74) is 2.31. The van der Waals surface area contributed by atoms with Gasteiger partial charge in [0.25, 0.3) is 0 Å². The summed E-state index contributed by atoms with van der Waals surface area (Å²) in [6, 6.07) is 12.1. The fourth-order valence-electron chi connectivity index (χ4n) is 3.06. The quantitative estimate of drug-likeness (QED) is 0.882. The highest BCUT2D eigenvalue weighted by molar-refractivity contribution is 7.12. The maximum absolute atomic E-state index is 12.4. The van der Waals surface area contributed by atoms with Crippen molar-refractivity contribution < 1.29 is 14.6 Å². The van der Waals surface area contributed by atoms with Gasteiger partial charge in [0.2, 0.25) is 0 Å². The Hall–Kier alpha value is -1.65. The molecule has 3 nitrogen and oxygen atoms in total. The Labute approximate surface area is 128 Å². The number of rotatable bonds is 4. The van der Waals surface area contributed by atoms with Gasteiger partial charge in [-0.15, -0.1) is 11.3 Å². The first-order valence-electron chi connectivity index (χ1n) is 7.18. The summed E-state index contributed by atoms with van der Waals surface area (Å²) >= 11 is 1.58. The van der Waals surface area contributed by atoms with E-state index in [0.717, 1.165) is 21.7 Å². The van der Waals surface area contributed by atoms with Crippen molar-refractivity contribution in [3.8, 4) is 0 Å². The lowest BCUT2D eigenvalue weighted by molar-refractivity contribution is -0.145. The van der Waals surface area contributed by atoms with Crippen molar-refractivity contribution in [2.24, 2.45) is 0 Å². The molecule has 4 heteroatoms. The highest BCUT2D eigenvalue weighted by Crippen LogP contribution is 2.46. The molecule has 3 rings (SSSR count). The van der Waals surface area contributed by atoms with Crippen LogP contribution in [0.15, 0.2) is 36.4 Å². The summed E-state index contributed by atoms with van der Waals surface area (Å²) in [4.78, 5) is 14.5. The Bertz CT molecular complexity index is 647. The topological polar surface area (TPSA) is 46.5 Å². The van der Waals surface area contributed by atoms with Crippen molar-refractivity contribution in [3.05, 3.63) is 57.3 Å². The second-order valence-corrected chi connectivity index (χ2v) is 6.40. The number of aliphatic hydroxyl groups is 1. The molecule has 110 valence electrons. The van der Waals surface area contributed by atoms with E-state index in [1.54, 1.807) is 11.3 Å². The predicted molar refractivity (Wildman–Crippen MR) is 82.5 cm³/mol. The fourth-order valence-corrected chi connectivity index (χ4v) is 4.07. The number of fused-ring (bicyclic) bond motifs is 1. The average molecular weight is 302 g/mol. The zero-order valence-electron chi connectivity index (χ0n) is 11.9. The fraction of sp³-hybridized carbons (Fsp3) is 0.353. The third kappa shape index (κ3) is 2.61. The van der Waals surface area contributed by atoms with Gasteiger partial charge >= 0.3 is 5.97 Å². The van der Waals surface area contributed by atoms with Crippen LogP contribution >= 0.6 is 11.3 Å². The molecule has 0 bridgehead atoms. The van der Waals surface area contributed by atoms with Gasteiger partial charge in [0.15, 0.2) is 0 Å². The molecule has 0 saturated heterocycles. The molecule has 1 heterocycles. The molecule has 0 aliphatic heterocycles. The molecule has 0 radical (unpaired) electrons. The number of ether oxygens (including phenoxy) is 1. The van der Waals surface area contributed by atoms with Gasteiger partial charge in [0.05, 0.1) is 19.1 Å². The highest BCUT2D eigenvalue weighted by Gasteiger charge is 2.39. The van der Waals surface area contributed by atoms with E-state index in [9.17, 15) is 9.90 Å². The van der Waals surface area contributed by atoms with Gasteiger partial charge in [0.1, 0.15) is 0 Å². The Balaban J connectivity index is 1.98. The Morgan fingerprint density at radius 3 is 2.86 bits per heavy atom. The van der Waals surface area contributed by atoms with Crippen LogP contribution in [-0.4, -0.2) is 17.7 Å². The summed E-state index contributed by atoms with van der Waals surface area (Å²) in [7, 11) is 0. The van der Waals surface area contributed by atoms with Crippen LogP contribution in [0.5, 0.6) is 0 Å². The van der Waals surface area contributed by atoms with Gasteiger partial charge in [-0.1, -0.05) is 24.3 Å². The molecule has 2 unspecified atom stereocenters. The van der Waals surface area contributed by atoms with Crippen LogP contribution in [0, 0.1) is 0 Å². The average Bonchev–Trinajstić information content (AvgIpc) is 3.11. The molecular formula is C17H18O3S. The first kappa shape index (κ1) is 14.3. The Morgan fingerprint density at radius 2 is 2.14 bits per heavy atom. The largest absolute Gasteiger partial charge is 0.466 e. The molecule has 0 spiro atoms. The standard InChI is InChI=1S/C17H18O3S/c1-2-20-17(19)16-13-6-4-3-5-11(13)9-14(16)15-8-7-12(10-18)21-15/h3-8,14,16,18H,2,9-10H2,1H3. The van der Waals surface area contributed by atoms with Crippen LogP contribution in [0.25, 0.3) is 0 Å². The smallest absolute Gasteiger partial charge is 0.314 e.